The first-order chi connectivity index (χ1) is 10.3. The van der Waals surface area contributed by atoms with Gasteiger partial charge < -0.3 is 20.3 Å². The molecular weight excluding hydrogens is 278 g/mol. The molecule has 0 aliphatic carbocycles. The maximum atomic E-state index is 12.1. The Kier molecular flexibility index (Phi) is 7.63. The number of urea groups is 1. The molecule has 0 unspecified atom stereocenters. The second-order valence-corrected chi connectivity index (χ2v) is 7.45. The molecule has 0 aromatic heterocycles. The highest BCUT2D eigenvalue weighted by molar-refractivity contribution is 5.73. The van der Waals surface area contributed by atoms with Crippen LogP contribution >= 0.6 is 0 Å². The molecule has 2 amide bonds. The third-order valence-electron chi connectivity index (χ3n) is 5.16. The van der Waals surface area contributed by atoms with Crippen LogP contribution in [-0.4, -0.2) is 56.9 Å². The quantitative estimate of drug-likeness (QED) is 0.758. The van der Waals surface area contributed by atoms with Gasteiger partial charge in [0.15, 0.2) is 0 Å². The molecule has 0 aromatic carbocycles. The Morgan fingerprint density at radius 1 is 1.09 bits per heavy atom. The normalized spacial score (nSPS) is 18.3. The van der Waals surface area contributed by atoms with Crippen molar-refractivity contribution in [2.45, 2.75) is 46.1 Å². The van der Waals surface area contributed by atoms with Crippen LogP contribution in [0.15, 0.2) is 0 Å². The van der Waals surface area contributed by atoms with Crippen molar-refractivity contribution in [3.63, 3.8) is 0 Å². The molecule has 22 heavy (non-hydrogen) atoms. The van der Waals surface area contributed by atoms with Crippen molar-refractivity contribution in [2.75, 3.05) is 40.4 Å². The maximum Gasteiger partial charge on any atom is 0.314 e. The molecule has 2 N–H and O–H groups in total. The van der Waals surface area contributed by atoms with E-state index in [0.29, 0.717) is 24.3 Å². The van der Waals surface area contributed by atoms with Crippen molar-refractivity contribution < 1.29 is 9.53 Å². The second kappa shape index (κ2) is 8.73. The molecule has 5 nitrogen and oxygen atoms in total. The van der Waals surface area contributed by atoms with E-state index in [1.54, 1.807) is 0 Å². The average Bonchev–Trinajstić information content (AvgIpc) is 2.45. The molecule has 0 atom stereocenters. The van der Waals surface area contributed by atoms with Gasteiger partial charge >= 0.3 is 6.03 Å². The standard InChI is InChI=1S/C17H35N3O2/c1-13(2)15(14(3)4)11-18-16(21)19-12-17(20(5)6)7-9-22-10-8-17/h13-15H,7-12H2,1-6H3,(H2,18,19,21). The molecule has 5 heteroatoms. The smallest absolute Gasteiger partial charge is 0.314 e. The summed E-state index contributed by atoms with van der Waals surface area (Å²) in [7, 11) is 4.16. The summed E-state index contributed by atoms with van der Waals surface area (Å²) >= 11 is 0. The number of hydrogen-bond donors (Lipinski definition) is 2. The number of carbonyl (C=O) groups is 1. The number of likely N-dealkylation sites (N-methyl/N-ethyl adjacent to an activating group) is 1. The molecule has 1 aliphatic rings. The van der Waals surface area contributed by atoms with E-state index >= 15 is 0 Å². The van der Waals surface area contributed by atoms with E-state index in [-0.39, 0.29) is 11.6 Å². The molecule has 1 saturated heterocycles. The summed E-state index contributed by atoms with van der Waals surface area (Å²) in [4.78, 5) is 14.4. The van der Waals surface area contributed by atoms with Crippen molar-refractivity contribution in [1.29, 1.82) is 0 Å². The molecule has 1 fully saturated rings. The number of nitrogens with one attached hydrogen (secondary N) is 2. The summed E-state index contributed by atoms with van der Waals surface area (Å²) in [6.45, 7) is 11.8. The Balaban J connectivity index is 2.44. The fraction of sp³-hybridized carbons (Fsp3) is 0.941. The van der Waals surface area contributed by atoms with E-state index in [2.05, 4.69) is 57.3 Å². The SMILES string of the molecule is CC(C)C(CNC(=O)NCC1(N(C)C)CCOCC1)C(C)C. The molecule has 0 aromatic rings. The van der Waals surface area contributed by atoms with E-state index in [4.69, 9.17) is 4.74 Å². The number of amides is 2. The first kappa shape index (κ1) is 19.2. The van der Waals surface area contributed by atoms with Crippen LogP contribution in [0.2, 0.25) is 0 Å². The van der Waals surface area contributed by atoms with Gasteiger partial charge in [0.1, 0.15) is 0 Å². The summed E-state index contributed by atoms with van der Waals surface area (Å²) in [6.07, 6.45) is 1.92. The van der Waals surface area contributed by atoms with Crippen LogP contribution in [0.5, 0.6) is 0 Å². The van der Waals surface area contributed by atoms with Gasteiger partial charge in [-0.05, 0) is 44.7 Å². The maximum absolute atomic E-state index is 12.1. The number of nitrogens with zero attached hydrogens (tertiary/aromatic N) is 1. The van der Waals surface area contributed by atoms with Crippen LogP contribution in [0.1, 0.15) is 40.5 Å². The molecule has 0 saturated carbocycles. The number of rotatable bonds is 7. The molecule has 1 aliphatic heterocycles. The summed E-state index contributed by atoms with van der Waals surface area (Å²) in [5.41, 5.74) is 0.0189. The lowest BCUT2D eigenvalue weighted by Gasteiger charge is -2.42. The van der Waals surface area contributed by atoms with Gasteiger partial charge in [-0.3, -0.25) is 0 Å². The third kappa shape index (κ3) is 5.43. The van der Waals surface area contributed by atoms with Crippen molar-refractivity contribution in [3.8, 4) is 0 Å². The molecule has 1 rings (SSSR count). The van der Waals surface area contributed by atoms with Gasteiger partial charge in [0.05, 0.1) is 0 Å². The largest absolute Gasteiger partial charge is 0.381 e. The summed E-state index contributed by atoms with van der Waals surface area (Å²) in [5.74, 6) is 1.66. The summed E-state index contributed by atoms with van der Waals surface area (Å²) in [5, 5.41) is 6.10. The number of hydrogen-bond acceptors (Lipinski definition) is 3. The Morgan fingerprint density at radius 2 is 1.64 bits per heavy atom. The number of ether oxygens (including phenoxy) is 1. The zero-order chi connectivity index (χ0) is 16.8. The highest BCUT2D eigenvalue weighted by Crippen LogP contribution is 2.25. The fourth-order valence-electron chi connectivity index (χ4n) is 3.29. The van der Waals surface area contributed by atoms with Crippen LogP contribution in [0.25, 0.3) is 0 Å². The molecule has 1 heterocycles. The molecule has 0 bridgehead atoms. The van der Waals surface area contributed by atoms with Crippen LogP contribution < -0.4 is 10.6 Å². The van der Waals surface area contributed by atoms with E-state index in [1.807, 2.05) is 0 Å². The summed E-state index contributed by atoms with van der Waals surface area (Å²) in [6, 6.07) is -0.0565. The molecular formula is C17H35N3O2. The highest BCUT2D eigenvalue weighted by Gasteiger charge is 2.35. The first-order valence-corrected chi connectivity index (χ1v) is 8.55. The highest BCUT2D eigenvalue weighted by atomic mass is 16.5. The Hall–Kier alpha value is -0.810. The van der Waals surface area contributed by atoms with Gasteiger partial charge in [0.25, 0.3) is 0 Å². The van der Waals surface area contributed by atoms with Gasteiger partial charge in [0, 0.05) is 31.8 Å². The van der Waals surface area contributed by atoms with E-state index in [0.717, 1.165) is 32.6 Å². The summed E-state index contributed by atoms with van der Waals surface area (Å²) < 4.78 is 5.46. The second-order valence-electron chi connectivity index (χ2n) is 7.45. The van der Waals surface area contributed by atoms with Crippen LogP contribution in [-0.2, 0) is 4.74 Å². The van der Waals surface area contributed by atoms with Crippen LogP contribution in [0, 0.1) is 17.8 Å². The van der Waals surface area contributed by atoms with Crippen molar-refractivity contribution in [2.24, 2.45) is 17.8 Å². The van der Waals surface area contributed by atoms with Gasteiger partial charge in [-0.25, -0.2) is 4.79 Å². The van der Waals surface area contributed by atoms with Crippen LogP contribution in [0.4, 0.5) is 4.79 Å². The lowest BCUT2D eigenvalue weighted by molar-refractivity contribution is -0.00573. The van der Waals surface area contributed by atoms with Crippen molar-refractivity contribution in [1.82, 2.24) is 15.5 Å². The third-order valence-corrected chi connectivity index (χ3v) is 5.16. The zero-order valence-electron chi connectivity index (χ0n) is 15.2. The van der Waals surface area contributed by atoms with Gasteiger partial charge in [-0.1, -0.05) is 27.7 Å². The van der Waals surface area contributed by atoms with E-state index < -0.39 is 0 Å². The lowest BCUT2D eigenvalue weighted by atomic mass is 9.85. The zero-order valence-corrected chi connectivity index (χ0v) is 15.2. The fourth-order valence-corrected chi connectivity index (χ4v) is 3.29. The monoisotopic (exact) mass is 313 g/mol. The minimum atomic E-state index is -0.0565. The minimum Gasteiger partial charge on any atom is -0.381 e. The van der Waals surface area contributed by atoms with Gasteiger partial charge in [-0.2, -0.15) is 0 Å². The van der Waals surface area contributed by atoms with E-state index in [9.17, 15) is 4.79 Å². The first-order valence-electron chi connectivity index (χ1n) is 8.55. The molecule has 0 spiro atoms. The van der Waals surface area contributed by atoms with Crippen molar-refractivity contribution >= 4 is 6.03 Å². The van der Waals surface area contributed by atoms with Gasteiger partial charge in [-0.15, -0.1) is 0 Å². The van der Waals surface area contributed by atoms with Crippen LogP contribution in [0.3, 0.4) is 0 Å². The Bertz CT molecular complexity index is 329. The average molecular weight is 313 g/mol. The van der Waals surface area contributed by atoms with Crippen molar-refractivity contribution in [3.05, 3.63) is 0 Å². The lowest BCUT2D eigenvalue weighted by Crippen LogP contribution is -2.57. The predicted molar refractivity (Wildman–Crippen MR) is 91.0 cm³/mol. The Morgan fingerprint density at radius 3 is 2.09 bits per heavy atom. The Labute approximate surface area is 136 Å². The predicted octanol–water partition coefficient (Wildman–Crippen LogP) is 2.32. The molecule has 130 valence electrons. The minimum absolute atomic E-state index is 0.0189. The van der Waals surface area contributed by atoms with Gasteiger partial charge in [0.2, 0.25) is 0 Å². The molecule has 0 radical (unpaired) electrons. The number of carbonyl (C=O) groups excluding carboxylic acids is 1. The topological polar surface area (TPSA) is 53.6 Å². The van der Waals surface area contributed by atoms with E-state index in [1.165, 1.54) is 0 Å².